The molecule has 1 unspecified atom stereocenters. The van der Waals surface area contributed by atoms with Gasteiger partial charge in [0.05, 0.1) is 5.92 Å². The molecule has 1 fully saturated rings. The van der Waals surface area contributed by atoms with Crippen molar-refractivity contribution in [1.29, 1.82) is 5.41 Å². The number of amides is 2. The largest absolute Gasteiger partial charge is 0.353 e. The number of imide groups is 1. The summed E-state index contributed by atoms with van der Waals surface area (Å²) in [5.74, 6) is -2.95. The Labute approximate surface area is 114 Å². The molecule has 1 heterocycles. The molecule has 1 aliphatic carbocycles. The van der Waals surface area contributed by atoms with E-state index in [0.29, 0.717) is 0 Å². The van der Waals surface area contributed by atoms with Crippen molar-refractivity contribution in [2.45, 2.75) is 12.8 Å². The molecule has 0 aromatic rings. The van der Waals surface area contributed by atoms with E-state index in [9.17, 15) is 22.8 Å². The lowest BCUT2D eigenvalue weighted by Crippen LogP contribution is -2.38. The van der Waals surface area contributed by atoms with Gasteiger partial charge in [-0.3, -0.25) is 14.4 Å². The fraction of sp³-hybridized carbons (Fsp3) is 0.273. The molecule has 8 nitrogen and oxygen atoms in total. The van der Waals surface area contributed by atoms with Crippen molar-refractivity contribution in [2.75, 3.05) is 0 Å². The molecular formula is C11H10N2O6S. The normalized spacial score (nSPS) is 22.7. The van der Waals surface area contributed by atoms with Crippen molar-refractivity contribution in [3.8, 4) is 0 Å². The molecule has 0 spiro atoms. The predicted molar refractivity (Wildman–Crippen MR) is 65.6 cm³/mol. The number of carbonyl (C=O) groups excluding carboxylic acids is 3. The smallest absolute Gasteiger partial charge is 0.304 e. The average Bonchev–Trinajstić information content (AvgIpc) is 2.70. The van der Waals surface area contributed by atoms with Crippen molar-refractivity contribution in [1.82, 2.24) is 5.06 Å². The third kappa shape index (κ3) is 2.58. The van der Waals surface area contributed by atoms with Crippen LogP contribution in [0.3, 0.4) is 0 Å². The van der Waals surface area contributed by atoms with Crippen LogP contribution in [-0.4, -0.2) is 36.1 Å². The van der Waals surface area contributed by atoms with Gasteiger partial charge >= 0.3 is 10.1 Å². The van der Waals surface area contributed by atoms with Crippen molar-refractivity contribution < 1.29 is 27.1 Å². The Kier molecular flexibility index (Phi) is 3.64. The predicted octanol–water partition coefficient (Wildman–Crippen LogP) is -0.315. The number of hydrogen-bond donors (Lipinski definition) is 1. The van der Waals surface area contributed by atoms with Crippen molar-refractivity contribution in [3.05, 3.63) is 24.3 Å². The highest BCUT2D eigenvalue weighted by Crippen LogP contribution is 2.19. The monoisotopic (exact) mass is 298 g/mol. The minimum atomic E-state index is -4.82. The van der Waals surface area contributed by atoms with Crippen LogP contribution < -0.4 is 0 Å². The van der Waals surface area contributed by atoms with E-state index in [4.69, 9.17) is 5.41 Å². The van der Waals surface area contributed by atoms with E-state index >= 15 is 0 Å². The number of hydrogen-bond acceptors (Lipinski definition) is 7. The highest BCUT2D eigenvalue weighted by atomic mass is 32.2. The second-order valence-corrected chi connectivity index (χ2v) is 5.57. The number of carbonyl (C=O) groups is 3. The Bertz CT molecular complexity index is 644. The number of hydroxylamine groups is 2. The zero-order chi connectivity index (χ0) is 14.9. The lowest BCUT2D eigenvalue weighted by molar-refractivity contribution is -0.163. The van der Waals surface area contributed by atoms with Gasteiger partial charge in [-0.05, 0) is 6.08 Å². The molecule has 1 atom stereocenters. The molecule has 1 aliphatic heterocycles. The van der Waals surface area contributed by atoms with Gasteiger partial charge in [0.2, 0.25) is 0 Å². The van der Waals surface area contributed by atoms with Crippen LogP contribution in [0, 0.1) is 11.3 Å². The van der Waals surface area contributed by atoms with Gasteiger partial charge in [0.15, 0.2) is 0 Å². The topological polar surface area (TPSA) is 122 Å². The number of rotatable bonds is 3. The quantitative estimate of drug-likeness (QED) is 0.713. The van der Waals surface area contributed by atoms with Gasteiger partial charge in [0.1, 0.15) is 0 Å². The van der Waals surface area contributed by atoms with Crippen LogP contribution in [0.4, 0.5) is 0 Å². The molecule has 2 amide bonds. The summed E-state index contributed by atoms with van der Waals surface area (Å²) in [6, 6.07) is 0. The van der Waals surface area contributed by atoms with E-state index in [-0.39, 0.29) is 23.6 Å². The second-order valence-electron chi connectivity index (χ2n) is 4.11. The second kappa shape index (κ2) is 5.10. The molecule has 9 heteroatoms. The third-order valence-electron chi connectivity index (χ3n) is 2.70. The number of allylic oxidation sites excluding steroid dienone is 4. The molecule has 106 valence electrons. The van der Waals surface area contributed by atoms with E-state index < -0.39 is 33.0 Å². The van der Waals surface area contributed by atoms with E-state index in [2.05, 4.69) is 4.28 Å². The molecule has 20 heavy (non-hydrogen) atoms. The molecule has 0 aromatic heterocycles. The van der Waals surface area contributed by atoms with E-state index in [1.165, 1.54) is 24.3 Å². The number of nitrogens with one attached hydrogen (secondary N) is 1. The van der Waals surface area contributed by atoms with Gasteiger partial charge in [-0.15, -0.1) is 9.35 Å². The summed E-state index contributed by atoms with van der Waals surface area (Å²) in [7, 11) is -4.82. The Morgan fingerprint density at radius 3 is 2.40 bits per heavy atom. The summed E-state index contributed by atoms with van der Waals surface area (Å²) in [5, 5.41) is 6.18. The molecule has 0 aromatic carbocycles. The van der Waals surface area contributed by atoms with E-state index in [1.54, 1.807) is 0 Å². The fourth-order valence-electron chi connectivity index (χ4n) is 1.68. The Hall–Kier alpha value is -2.13. The van der Waals surface area contributed by atoms with Gasteiger partial charge in [0, 0.05) is 18.6 Å². The Balaban J connectivity index is 2.18. The summed E-state index contributed by atoms with van der Waals surface area (Å²) >= 11 is 0. The first-order chi connectivity index (χ1) is 9.33. The zero-order valence-electron chi connectivity index (χ0n) is 10.1. The van der Waals surface area contributed by atoms with Crippen LogP contribution in [0.1, 0.15) is 12.8 Å². The summed E-state index contributed by atoms with van der Waals surface area (Å²) in [6.07, 6.45) is 5.06. The lowest BCUT2D eigenvalue weighted by atomic mass is 10.0. The standard InChI is InChI=1S/C11H10N2O6S/c12-8-4-2-1-3-7(8)11(16)20(17,18)19-13-9(14)5-6-10(13)15/h1-4,7,12H,5-6H2. The van der Waals surface area contributed by atoms with Crippen LogP contribution in [0.15, 0.2) is 24.3 Å². The first-order valence-electron chi connectivity index (χ1n) is 5.60. The maximum atomic E-state index is 11.8. The summed E-state index contributed by atoms with van der Waals surface area (Å²) in [6.45, 7) is 0. The molecule has 1 N–H and O–H groups in total. The van der Waals surface area contributed by atoms with Gasteiger partial charge < -0.3 is 5.41 Å². The summed E-state index contributed by atoms with van der Waals surface area (Å²) in [5.41, 5.74) is -0.219. The van der Waals surface area contributed by atoms with E-state index in [1.807, 2.05) is 0 Å². The van der Waals surface area contributed by atoms with Gasteiger partial charge in [-0.1, -0.05) is 18.2 Å². The maximum Gasteiger partial charge on any atom is 0.353 e. The Morgan fingerprint density at radius 1 is 1.25 bits per heavy atom. The minimum Gasteiger partial charge on any atom is -0.304 e. The average molecular weight is 298 g/mol. The Morgan fingerprint density at radius 2 is 1.85 bits per heavy atom. The van der Waals surface area contributed by atoms with Crippen molar-refractivity contribution in [2.24, 2.45) is 5.92 Å². The molecule has 2 rings (SSSR count). The number of nitrogens with zero attached hydrogens (tertiary/aromatic N) is 1. The third-order valence-corrected chi connectivity index (χ3v) is 3.80. The molecule has 0 bridgehead atoms. The first kappa shape index (κ1) is 14.3. The van der Waals surface area contributed by atoms with Gasteiger partial charge in [-0.2, -0.15) is 8.42 Å². The molecular weight excluding hydrogens is 288 g/mol. The molecule has 1 saturated heterocycles. The lowest BCUT2D eigenvalue weighted by Gasteiger charge is -2.16. The molecule has 0 radical (unpaired) electrons. The fourth-order valence-corrected chi connectivity index (χ4v) is 2.63. The van der Waals surface area contributed by atoms with Crippen molar-refractivity contribution in [3.63, 3.8) is 0 Å². The van der Waals surface area contributed by atoms with Crippen LogP contribution in [0.25, 0.3) is 0 Å². The van der Waals surface area contributed by atoms with Gasteiger partial charge in [0.25, 0.3) is 16.9 Å². The SMILES string of the molecule is N=C1C=CC=CC1C(=O)S(=O)(=O)ON1C(=O)CCC1=O. The summed E-state index contributed by atoms with van der Waals surface area (Å²) < 4.78 is 27.8. The van der Waals surface area contributed by atoms with Crippen LogP contribution in [0.5, 0.6) is 0 Å². The summed E-state index contributed by atoms with van der Waals surface area (Å²) in [4.78, 5) is 34.4. The maximum absolute atomic E-state index is 11.8. The molecule has 0 saturated carbocycles. The highest BCUT2D eigenvalue weighted by Gasteiger charge is 2.40. The van der Waals surface area contributed by atoms with Gasteiger partial charge in [-0.25, -0.2) is 0 Å². The molecule has 2 aliphatic rings. The van der Waals surface area contributed by atoms with Crippen molar-refractivity contribution >= 4 is 32.8 Å². The minimum absolute atomic E-state index is 0.0826. The van der Waals surface area contributed by atoms with Crippen LogP contribution in [0.2, 0.25) is 0 Å². The first-order valence-corrected chi connectivity index (χ1v) is 7.01. The highest BCUT2D eigenvalue weighted by molar-refractivity contribution is 8.02. The van der Waals surface area contributed by atoms with E-state index in [0.717, 1.165) is 0 Å². The van der Waals surface area contributed by atoms with Crippen LogP contribution in [-0.2, 0) is 28.8 Å². The zero-order valence-corrected chi connectivity index (χ0v) is 10.9. The van der Waals surface area contributed by atoms with Crippen LogP contribution >= 0.6 is 0 Å².